The fourth-order valence-corrected chi connectivity index (χ4v) is 3.70. The maximum atomic E-state index is 5.47. The lowest BCUT2D eigenvalue weighted by Gasteiger charge is -2.30. The number of hydrogen-bond donors (Lipinski definition) is 1. The van der Waals surface area contributed by atoms with Crippen molar-refractivity contribution in [2.24, 2.45) is 16.8 Å². The summed E-state index contributed by atoms with van der Waals surface area (Å²) < 4.78 is 5.47. The van der Waals surface area contributed by atoms with E-state index in [1.54, 1.807) is 0 Å². The lowest BCUT2D eigenvalue weighted by Crippen LogP contribution is -2.45. The van der Waals surface area contributed by atoms with Gasteiger partial charge >= 0.3 is 0 Å². The van der Waals surface area contributed by atoms with Crippen molar-refractivity contribution >= 4 is 6.02 Å². The Bertz CT molecular complexity index is 289. The molecule has 84 valence electrons. The first-order valence-corrected chi connectivity index (χ1v) is 6.27. The number of amidine groups is 1. The maximum Gasteiger partial charge on any atom is 0.285 e. The van der Waals surface area contributed by atoms with Crippen LogP contribution in [0.1, 0.15) is 39.0 Å². The van der Waals surface area contributed by atoms with Crippen LogP contribution in [-0.2, 0) is 4.74 Å². The van der Waals surface area contributed by atoms with Crippen LogP contribution in [0.2, 0.25) is 0 Å². The van der Waals surface area contributed by atoms with E-state index in [9.17, 15) is 0 Å². The number of aliphatic imine (C=N–C) groups is 1. The summed E-state index contributed by atoms with van der Waals surface area (Å²) >= 11 is 0. The summed E-state index contributed by atoms with van der Waals surface area (Å²) in [5, 5.41) is 3.57. The van der Waals surface area contributed by atoms with Crippen molar-refractivity contribution in [1.29, 1.82) is 0 Å². The van der Waals surface area contributed by atoms with Gasteiger partial charge in [-0.05, 0) is 37.5 Å². The zero-order valence-electron chi connectivity index (χ0n) is 9.46. The molecular formula is C12H20N2O. The minimum Gasteiger partial charge on any atom is -0.463 e. The van der Waals surface area contributed by atoms with Crippen LogP contribution in [0.3, 0.4) is 0 Å². The molecule has 2 saturated carbocycles. The molecule has 3 heteroatoms. The van der Waals surface area contributed by atoms with Crippen LogP contribution in [-0.4, -0.2) is 24.7 Å². The minimum absolute atomic E-state index is 0.342. The maximum absolute atomic E-state index is 5.47. The first-order chi connectivity index (χ1) is 7.31. The van der Waals surface area contributed by atoms with Gasteiger partial charge in [-0.25, -0.2) is 4.99 Å². The monoisotopic (exact) mass is 208 g/mol. The molecule has 0 aromatic rings. The van der Waals surface area contributed by atoms with E-state index in [2.05, 4.69) is 17.2 Å². The Kier molecular flexibility index (Phi) is 2.15. The van der Waals surface area contributed by atoms with Crippen LogP contribution < -0.4 is 5.32 Å². The third-order valence-electron chi connectivity index (χ3n) is 4.45. The van der Waals surface area contributed by atoms with Gasteiger partial charge in [0.15, 0.2) is 0 Å². The molecular weight excluding hydrogens is 188 g/mol. The first-order valence-electron chi connectivity index (χ1n) is 6.27. The standard InChI is InChI=1S/C12H20N2O/c1-2-9-7-12(4-3-10(9)8-12)14-11-13-5-6-15-11/h9-10H,2-8H2,1H3,(H,13,14). The van der Waals surface area contributed by atoms with E-state index in [-0.39, 0.29) is 0 Å². The van der Waals surface area contributed by atoms with E-state index in [0.29, 0.717) is 5.54 Å². The van der Waals surface area contributed by atoms with E-state index in [0.717, 1.165) is 31.0 Å². The van der Waals surface area contributed by atoms with Crippen molar-refractivity contribution in [1.82, 2.24) is 5.32 Å². The number of nitrogens with zero attached hydrogens (tertiary/aromatic N) is 1. The molecule has 0 amide bonds. The third kappa shape index (κ3) is 1.52. The topological polar surface area (TPSA) is 33.6 Å². The van der Waals surface area contributed by atoms with Crippen LogP contribution in [0.4, 0.5) is 0 Å². The van der Waals surface area contributed by atoms with Crippen LogP contribution in [0.15, 0.2) is 4.99 Å². The van der Waals surface area contributed by atoms with Gasteiger partial charge in [0.2, 0.25) is 0 Å². The highest BCUT2D eigenvalue weighted by Crippen LogP contribution is 2.52. The van der Waals surface area contributed by atoms with Gasteiger partial charge in [-0.1, -0.05) is 13.3 Å². The second-order valence-corrected chi connectivity index (χ2v) is 5.32. The fraction of sp³-hybridized carbons (Fsp3) is 0.917. The Labute approximate surface area is 91.3 Å². The van der Waals surface area contributed by atoms with Crippen molar-refractivity contribution in [3.63, 3.8) is 0 Å². The zero-order chi connectivity index (χ0) is 10.3. The van der Waals surface area contributed by atoms with Crippen molar-refractivity contribution < 1.29 is 4.74 Å². The Morgan fingerprint density at radius 3 is 3.13 bits per heavy atom. The Morgan fingerprint density at radius 1 is 1.53 bits per heavy atom. The predicted octanol–water partition coefficient (Wildman–Crippen LogP) is 1.93. The van der Waals surface area contributed by atoms with Crippen molar-refractivity contribution in [2.45, 2.75) is 44.6 Å². The molecule has 1 aliphatic heterocycles. The van der Waals surface area contributed by atoms with E-state index in [1.165, 1.54) is 32.1 Å². The molecule has 2 aliphatic carbocycles. The molecule has 0 aromatic heterocycles. The normalized spacial score (nSPS) is 42.9. The zero-order valence-corrected chi connectivity index (χ0v) is 9.46. The summed E-state index contributed by atoms with van der Waals surface area (Å²) in [5.41, 5.74) is 0.342. The summed E-state index contributed by atoms with van der Waals surface area (Å²) in [6, 6.07) is 0.812. The summed E-state index contributed by atoms with van der Waals surface area (Å²) in [7, 11) is 0. The van der Waals surface area contributed by atoms with Crippen molar-refractivity contribution in [3.05, 3.63) is 0 Å². The second kappa shape index (κ2) is 3.39. The lowest BCUT2D eigenvalue weighted by molar-refractivity contribution is 0.264. The van der Waals surface area contributed by atoms with Gasteiger partial charge < -0.3 is 10.1 Å². The van der Waals surface area contributed by atoms with Crippen LogP contribution in [0, 0.1) is 11.8 Å². The van der Waals surface area contributed by atoms with E-state index in [1.807, 2.05) is 0 Å². The number of nitrogens with one attached hydrogen (secondary N) is 1. The molecule has 2 bridgehead atoms. The lowest BCUT2D eigenvalue weighted by atomic mass is 9.84. The molecule has 15 heavy (non-hydrogen) atoms. The van der Waals surface area contributed by atoms with E-state index in [4.69, 9.17) is 4.74 Å². The van der Waals surface area contributed by atoms with Crippen LogP contribution in [0.5, 0.6) is 0 Å². The van der Waals surface area contributed by atoms with Crippen LogP contribution in [0.25, 0.3) is 0 Å². The van der Waals surface area contributed by atoms with E-state index >= 15 is 0 Å². The number of rotatable bonds is 2. The third-order valence-corrected chi connectivity index (χ3v) is 4.45. The summed E-state index contributed by atoms with van der Waals surface area (Å²) in [4.78, 5) is 4.34. The number of ether oxygens (including phenoxy) is 1. The quantitative estimate of drug-likeness (QED) is 0.752. The van der Waals surface area contributed by atoms with Crippen molar-refractivity contribution in [2.75, 3.05) is 13.2 Å². The predicted molar refractivity (Wildman–Crippen MR) is 59.9 cm³/mol. The minimum atomic E-state index is 0.342. The molecule has 0 radical (unpaired) electrons. The highest BCUT2D eigenvalue weighted by atomic mass is 16.5. The van der Waals surface area contributed by atoms with Crippen LogP contribution >= 0.6 is 0 Å². The van der Waals surface area contributed by atoms with Gasteiger partial charge in [-0.2, -0.15) is 0 Å². The molecule has 3 rings (SSSR count). The average Bonchev–Trinajstić information content (AvgIpc) is 2.92. The summed E-state index contributed by atoms with van der Waals surface area (Å²) in [5.74, 6) is 1.90. The first kappa shape index (κ1) is 9.49. The molecule has 1 N–H and O–H groups in total. The highest BCUT2D eigenvalue weighted by molar-refractivity contribution is 5.75. The molecule has 0 saturated heterocycles. The van der Waals surface area contributed by atoms with Gasteiger partial charge in [0.1, 0.15) is 6.61 Å². The average molecular weight is 208 g/mol. The molecule has 3 atom stereocenters. The van der Waals surface area contributed by atoms with Gasteiger partial charge in [0.25, 0.3) is 6.02 Å². The molecule has 3 unspecified atom stereocenters. The van der Waals surface area contributed by atoms with Gasteiger partial charge in [-0.3, -0.25) is 0 Å². The fourth-order valence-electron chi connectivity index (χ4n) is 3.70. The Balaban J connectivity index is 1.70. The molecule has 3 nitrogen and oxygen atoms in total. The molecule has 3 aliphatic rings. The molecule has 0 spiro atoms. The van der Waals surface area contributed by atoms with Gasteiger partial charge in [-0.15, -0.1) is 0 Å². The largest absolute Gasteiger partial charge is 0.463 e. The molecule has 1 heterocycles. The van der Waals surface area contributed by atoms with E-state index < -0.39 is 0 Å². The SMILES string of the molecule is CCC1CC2(NC3=NCCO3)CCC1C2. The Hall–Kier alpha value is -0.730. The summed E-state index contributed by atoms with van der Waals surface area (Å²) in [6.45, 7) is 3.92. The number of fused-ring (bicyclic) bond motifs is 2. The molecule has 2 fully saturated rings. The van der Waals surface area contributed by atoms with Gasteiger partial charge in [0, 0.05) is 5.54 Å². The van der Waals surface area contributed by atoms with Crippen molar-refractivity contribution in [3.8, 4) is 0 Å². The van der Waals surface area contributed by atoms with Gasteiger partial charge in [0.05, 0.1) is 6.54 Å². The number of hydrogen-bond acceptors (Lipinski definition) is 3. The second-order valence-electron chi connectivity index (χ2n) is 5.32. The smallest absolute Gasteiger partial charge is 0.285 e. The Morgan fingerprint density at radius 2 is 2.47 bits per heavy atom. The summed E-state index contributed by atoms with van der Waals surface area (Å²) in [6.07, 6.45) is 6.72. The molecule has 0 aromatic carbocycles. The highest BCUT2D eigenvalue weighted by Gasteiger charge is 2.50.